The number of rotatable bonds is 2. The Bertz CT molecular complexity index is 563. The molecule has 0 aromatic heterocycles. The van der Waals surface area contributed by atoms with E-state index in [1.54, 1.807) is 12.1 Å². The van der Waals surface area contributed by atoms with E-state index in [0.29, 0.717) is 10.6 Å². The minimum absolute atomic E-state index is 0.0299. The Hall–Kier alpha value is -1.22. The topological polar surface area (TPSA) is 49.3 Å². The maximum Gasteiger partial charge on any atom is 0.255 e. The average molecular weight is 306 g/mol. The first-order chi connectivity index (χ1) is 10.0. The molecule has 1 aromatic carbocycles. The second-order valence-electron chi connectivity index (χ2n) is 7.31. The van der Waals surface area contributed by atoms with Crippen LogP contribution < -0.4 is 5.32 Å². The lowest BCUT2D eigenvalue weighted by Gasteiger charge is -2.56. The summed E-state index contributed by atoms with van der Waals surface area (Å²) >= 11 is 5.83. The minimum Gasteiger partial charge on any atom is -0.507 e. The molecule has 0 aliphatic heterocycles. The van der Waals surface area contributed by atoms with Crippen LogP contribution in [0.2, 0.25) is 5.02 Å². The summed E-state index contributed by atoms with van der Waals surface area (Å²) < 4.78 is 0. The minimum atomic E-state index is -0.161. The molecule has 0 heterocycles. The summed E-state index contributed by atoms with van der Waals surface area (Å²) in [5.41, 5.74) is 0.299. The van der Waals surface area contributed by atoms with Gasteiger partial charge in [0.25, 0.3) is 5.91 Å². The third-order valence-corrected chi connectivity index (χ3v) is 5.86. The molecule has 4 saturated carbocycles. The molecule has 4 bridgehead atoms. The van der Waals surface area contributed by atoms with Crippen molar-refractivity contribution >= 4 is 17.5 Å². The molecule has 3 nitrogen and oxygen atoms in total. The maximum absolute atomic E-state index is 12.5. The predicted molar refractivity (Wildman–Crippen MR) is 81.5 cm³/mol. The fourth-order valence-corrected chi connectivity index (χ4v) is 5.44. The van der Waals surface area contributed by atoms with Crippen molar-refractivity contribution in [3.05, 3.63) is 28.8 Å². The largest absolute Gasteiger partial charge is 0.507 e. The monoisotopic (exact) mass is 305 g/mol. The van der Waals surface area contributed by atoms with Crippen molar-refractivity contribution in [3.8, 4) is 5.75 Å². The lowest BCUT2D eigenvalue weighted by molar-refractivity contribution is -0.0167. The Labute approximate surface area is 129 Å². The van der Waals surface area contributed by atoms with Gasteiger partial charge in [-0.25, -0.2) is 0 Å². The van der Waals surface area contributed by atoms with E-state index in [2.05, 4.69) is 5.32 Å². The summed E-state index contributed by atoms with van der Waals surface area (Å²) in [7, 11) is 0. The lowest BCUT2D eigenvalue weighted by atomic mass is 9.53. The molecule has 4 aliphatic rings. The number of hydrogen-bond donors (Lipinski definition) is 2. The van der Waals surface area contributed by atoms with Gasteiger partial charge < -0.3 is 10.4 Å². The van der Waals surface area contributed by atoms with E-state index in [0.717, 1.165) is 37.0 Å². The fraction of sp³-hybridized carbons (Fsp3) is 0.588. The van der Waals surface area contributed by atoms with Gasteiger partial charge in [-0.1, -0.05) is 11.6 Å². The Morgan fingerprint density at radius 1 is 1.14 bits per heavy atom. The molecule has 4 aliphatic carbocycles. The smallest absolute Gasteiger partial charge is 0.255 e. The molecule has 1 aromatic rings. The molecular weight excluding hydrogens is 286 g/mol. The number of benzene rings is 1. The second-order valence-corrected chi connectivity index (χ2v) is 7.75. The third-order valence-electron chi connectivity index (χ3n) is 5.62. The Morgan fingerprint density at radius 3 is 2.24 bits per heavy atom. The van der Waals surface area contributed by atoms with Gasteiger partial charge in [0.05, 0.1) is 5.56 Å². The highest BCUT2D eigenvalue weighted by molar-refractivity contribution is 6.30. The van der Waals surface area contributed by atoms with Crippen LogP contribution in [0.4, 0.5) is 0 Å². The molecule has 0 saturated heterocycles. The van der Waals surface area contributed by atoms with E-state index in [-0.39, 0.29) is 17.2 Å². The number of carbonyl (C=O) groups excluding carboxylic acids is 1. The maximum atomic E-state index is 12.5. The number of phenolic OH excluding ortho intramolecular Hbond substituents is 1. The van der Waals surface area contributed by atoms with Crippen molar-refractivity contribution < 1.29 is 9.90 Å². The molecule has 4 heteroatoms. The number of carbonyl (C=O) groups is 1. The summed E-state index contributed by atoms with van der Waals surface area (Å²) in [4.78, 5) is 12.5. The number of hydrogen-bond acceptors (Lipinski definition) is 2. The SMILES string of the molecule is O=C(NC12CC3CC(CC(C3)C1)C2)c1ccc(Cl)cc1O. The molecule has 0 spiro atoms. The zero-order valence-corrected chi connectivity index (χ0v) is 12.7. The van der Waals surface area contributed by atoms with E-state index in [9.17, 15) is 9.90 Å². The summed E-state index contributed by atoms with van der Waals surface area (Å²) in [5, 5.41) is 13.6. The van der Waals surface area contributed by atoms with Gasteiger partial charge in [-0.3, -0.25) is 4.79 Å². The lowest BCUT2D eigenvalue weighted by Crippen LogP contribution is -2.59. The van der Waals surface area contributed by atoms with Gasteiger partial charge in [0, 0.05) is 10.6 Å². The molecule has 2 N–H and O–H groups in total. The number of nitrogens with one attached hydrogen (secondary N) is 1. The molecule has 21 heavy (non-hydrogen) atoms. The van der Waals surface area contributed by atoms with Crippen LogP contribution in [0.25, 0.3) is 0 Å². The summed E-state index contributed by atoms with van der Waals surface area (Å²) in [6.07, 6.45) is 7.38. The van der Waals surface area contributed by atoms with Crippen molar-refractivity contribution in [3.63, 3.8) is 0 Å². The van der Waals surface area contributed by atoms with Gasteiger partial charge >= 0.3 is 0 Å². The average Bonchev–Trinajstić information content (AvgIpc) is 2.35. The Kier molecular flexibility index (Phi) is 2.97. The fourth-order valence-electron chi connectivity index (χ4n) is 5.27. The standard InChI is InChI=1S/C17H20ClNO2/c18-13-1-2-14(15(20)6-13)16(21)19-17-7-10-3-11(8-17)5-12(4-10)9-17/h1-2,6,10-12,20H,3-5,7-9H2,(H,19,21). The molecule has 4 fully saturated rings. The van der Waals surface area contributed by atoms with Gasteiger partial charge in [0.1, 0.15) is 5.75 Å². The van der Waals surface area contributed by atoms with Crippen LogP contribution in [0.1, 0.15) is 48.9 Å². The normalized spacial score (nSPS) is 36.7. The van der Waals surface area contributed by atoms with Crippen molar-refractivity contribution in [1.82, 2.24) is 5.32 Å². The van der Waals surface area contributed by atoms with Gasteiger partial charge in [0.15, 0.2) is 0 Å². The van der Waals surface area contributed by atoms with Gasteiger partial charge in [-0.05, 0) is 74.5 Å². The molecule has 112 valence electrons. The van der Waals surface area contributed by atoms with Crippen LogP contribution in [-0.4, -0.2) is 16.6 Å². The number of phenols is 1. The van der Waals surface area contributed by atoms with Gasteiger partial charge in [0.2, 0.25) is 0 Å². The predicted octanol–water partition coefficient (Wildman–Crippen LogP) is 3.74. The highest BCUT2D eigenvalue weighted by Crippen LogP contribution is 2.55. The van der Waals surface area contributed by atoms with Crippen LogP contribution in [0.15, 0.2) is 18.2 Å². The van der Waals surface area contributed by atoms with Crippen LogP contribution in [0, 0.1) is 17.8 Å². The molecule has 0 atom stereocenters. The first-order valence-corrected chi connectivity index (χ1v) is 8.22. The van der Waals surface area contributed by atoms with Crippen LogP contribution in [0.3, 0.4) is 0 Å². The zero-order valence-electron chi connectivity index (χ0n) is 11.9. The molecular formula is C17H20ClNO2. The van der Waals surface area contributed by atoms with Gasteiger partial charge in [-0.2, -0.15) is 0 Å². The van der Waals surface area contributed by atoms with Crippen LogP contribution >= 0.6 is 11.6 Å². The van der Waals surface area contributed by atoms with E-state index < -0.39 is 0 Å². The Morgan fingerprint density at radius 2 is 1.71 bits per heavy atom. The summed E-state index contributed by atoms with van der Waals surface area (Å²) in [6, 6.07) is 4.68. The molecule has 5 rings (SSSR count). The summed E-state index contributed by atoms with van der Waals surface area (Å²) in [6.45, 7) is 0. The van der Waals surface area contributed by atoms with Crippen LogP contribution in [-0.2, 0) is 0 Å². The van der Waals surface area contributed by atoms with E-state index in [1.165, 1.54) is 25.3 Å². The van der Waals surface area contributed by atoms with Crippen molar-refractivity contribution in [1.29, 1.82) is 0 Å². The highest BCUT2D eigenvalue weighted by atomic mass is 35.5. The third kappa shape index (κ3) is 2.32. The summed E-state index contributed by atoms with van der Waals surface area (Å²) in [5.74, 6) is 2.16. The molecule has 0 unspecified atom stereocenters. The first-order valence-electron chi connectivity index (χ1n) is 7.84. The van der Waals surface area contributed by atoms with Crippen LogP contribution in [0.5, 0.6) is 5.75 Å². The second kappa shape index (κ2) is 4.64. The number of amides is 1. The highest BCUT2D eigenvalue weighted by Gasteiger charge is 2.51. The number of halogens is 1. The van der Waals surface area contributed by atoms with E-state index >= 15 is 0 Å². The van der Waals surface area contributed by atoms with Crippen molar-refractivity contribution in [2.24, 2.45) is 17.8 Å². The van der Waals surface area contributed by atoms with Crippen molar-refractivity contribution in [2.45, 2.75) is 44.1 Å². The number of aromatic hydroxyl groups is 1. The Balaban J connectivity index is 1.57. The van der Waals surface area contributed by atoms with Crippen molar-refractivity contribution in [2.75, 3.05) is 0 Å². The zero-order chi connectivity index (χ0) is 14.6. The van der Waals surface area contributed by atoms with E-state index in [4.69, 9.17) is 11.6 Å². The molecule has 0 radical (unpaired) electrons. The van der Waals surface area contributed by atoms with Gasteiger partial charge in [-0.15, -0.1) is 0 Å². The quantitative estimate of drug-likeness (QED) is 0.874. The van der Waals surface area contributed by atoms with E-state index in [1.807, 2.05) is 0 Å². The first kappa shape index (κ1) is 13.4. The molecule has 1 amide bonds.